The molecule has 0 unspecified atom stereocenters. The molecule has 0 bridgehead atoms. The summed E-state index contributed by atoms with van der Waals surface area (Å²) in [4.78, 5) is 19.8. The van der Waals surface area contributed by atoms with Gasteiger partial charge in [-0.25, -0.2) is 18.7 Å². The SMILES string of the molecule is CCOc1ncncc1CNC(=O)c1cc(F)c(OC)c(F)c1. The summed E-state index contributed by atoms with van der Waals surface area (Å²) >= 11 is 0. The number of amides is 1. The Morgan fingerprint density at radius 1 is 1.30 bits per heavy atom. The Hall–Kier alpha value is -2.77. The molecule has 0 aliphatic carbocycles. The highest BCUT2D eigenvalue weighted by Crippen LogP contribution is 2.23. The van der Waals surface area contributed by atoms with Crippen molar-refractivity contribution in [3.8, 4) is 11.6 Å². The molecule has 0 spiro atoms. The highest BCUT2D eigenvalue weighted by atomic mass is 19.1. The van der Waals surface area contributed by atoms with Gasteiger partial charge in [-0.2, -0.15) is 0 Å². The van der Waals surface area contributed by atoms with Crippen LogP contribution < -0.4 is 14.8 Å². The maximum atomic E-state index is 13.6. The molecule has 0 aliphatic rings. The van der Waals surface area contributed by atoms with Gasteiger partial charge >= 0.3 is 0 Å². The molecule has 0 radical (unpaired) electrons. The Morgan fingerprint density at radius 2 is 2.00 bits per heavy atom. The van der Waals surface area contributed by atoms with E-state index >= 15 is 0 Å². The Bertz CT molecular complexity index is 687. The molecule has 122 valence electrons. The molecule has 0 aliphatic heterocycles. The van der Waals surface area contributed by atoms with E-state index in [4.69, 9.17) is 4.74 Å². The van der Waals surface area contributed by atoms with Crippen molar-refractivity contribution in [2.24, 2.45) is 0 Å². The molecule has 8 heteroatoms. The van der Waals surface area contributed by atoms with E-state index in [2.05, 4.69) is 20.0 Å². The monoisotopic (exact) mass is 323 g/mol. The van der Waals surface area contributed by atoms with E-state index in [1.807, 2.05) is 0 Å². The number of rotatable bonds is 6. The second kappa shape index (κ2) is 7.48. The van der Waals surface area contributed by atoms with Gasteiger partial charge in [0, 0.05) is 18.3 Å². The Balaban J connectivity index is 2.11. The van der Waals surface area contributed by atoms with Crippen molar-refractivity contribution < 1.29 is 23.0 Å². The molecule has 0 fully saturated rings. The van der Waals surface area contributed by atoms with Crippen LogP contribution >= 0.6 is 0 Å². The summed E-state index contributed by atoms with van der Waals surface area (Å²) in [6, 6.07) is 1.81. The lowest BCUT2D eigenvalue weighted by molar-refractivity contribution is 0.0949. The van der Waals surface area contributed by atoms with E-state index in [1.165, 1.54) is 12.5 Å². The minimum Gasteiger partial charge on any atom is -0.491 e. The molecule has 1 aromatic carbocycles. The van der Waals surface area contributed by atoms with Crippen LogP contribution in [0.4, 0.5) is 8.78 Å². The van der Waals surface area contributed by atoms with Crippen molar-refractivity contribution in [2.75, 3.05) is 13.7 Å². The predicted octanol–water partition coefficient (Wildman–Crippen LogP) is 2.09. The third-order valence-electron chi connectivity index (χ3n) is 2.93. The van der Waals surface area contributed by atoms with Gasteiger partial charge in [-0.05, 0) is 19.1 Å². The van der Waals surface area contributed by atoms with E-state index in [0.717, 1.165) is 19.2 Å². The maximum absolute atomic E-state index is 13.6. The minimum absolute atomic E-state index is 0.0598. The fourth-order valence-corrected chi connectivity index (χ4v) is 1.90. The number of methoxy groups -OCH3 is 1. The van der Waals surface area contributed by atoms with Crippen LogP contribution in [0.25, 0.3) is 0 Å². The van der Waals surface area contributed by atoms with Crippen LogP contribution in [0.15, 0.2) is 24.7 Å². The second-order valence-electron chi connectivity index (χ2n) is 4.44. The zero-order chi connectivity index (χ0) is 16.8. The first-order chi connectivity index (χ1) is 11.1. The zero-order valence-electron chi connectivity index (χ0n) is 12.6. The van der Waals surface area contributed by atoms with Crippen LogP contribution in [0.5, 0.6) is 11.6 Å². The van der Waals surface area contributed by atoms with E-state index in [9.17, 15) is 13.6 Å². The first-order valence-electron chi connectivity index (χ1n) is 6.79. The van der Waals surface area contributed by atoms with E-state index in [1.54, 1.807) is 6.92 Å². The number of carbonyl (C=O) groups excluding carboxylic acids is 1. The van der Waals surface area contributed by atoms with Crippen molar-refractivity contribution in [3.05, 3.63) is 47.4 Å². The van der Waals surface area contributed by atoms with Gasteiger partial charge in [0.2, 0.25) is 5.88 Å². The van der Waals surface area contributed by atoms with Gasteiger partial charge in [0.1, 0.15) is 6.33 Å². The third-order valence-corrected chi connectivity index (χ3v) is 2.93. The fraction of sp³-hybridized carbons (Fsp3) is 0.267. The van der Waals surface area contributed by atoms with Crippen molar-refractivity contribution in [1.29, 1.82) is 0 Å². The van der Waals surface area contributed by atoms with Gasteiger partial charge in [-0.15, -0.1) is 0 Å². The molecule has 2 aromatic rings. The van der Waals surface area contributed by atoms with Crippen molar-refractivity contribution in [2.45, 2.75) is 13.5 Å². The lowest BCUT2D eigenvalue weighted by Gasteiger charge is -2.10. The fourth-order valence-electron chi connectivity index (χ4n) is 1.90. The molecule has 23 heavy (non-hydrogen) atoms. The first-order valence-corrected chi connectivity index (χ1v) is 6.79. The number of halogens is 2. The number of aromatic nitrogens is 2. The van der Waals surface area contributed by atoms with Crippen LogP contribution in [0.3, 0.4) is 0 Å². The molecule has 0 atom stereocenters. The summed E-state index contributed by atoms with van der Waals surface area (Å²) in [5.74, 6) is -2.73. The quantitative estimate of drug-likeness (QED) is 0.881. The largest absolute Gasteiger partial charge is 0.491 e. The highest BCUT2D eigenvalue weighted by molar-refractivity contribution is 5.94. The number of benzene rings is 1. The Morgan fingerprint density at radius 3 is 2.61 bits per heavy atom. The van der Waals surface area contributed by atoms with Crippen LogP contribution in [0, 0.1) is 11.6 Å². The summed E-state index contributed by atoms with van der Waals surface area (Å²) in [5, 5.41) is 2.53. The number of nitrogens with one attached hydrogen (secondary N) is 1. The number of nitrogens with zero attached hydrogens (tertiary/aromatic N) is 2. The minimum atomic E-state index is -0.948. The van der Waals surface area contributed by atoms with Crippen molar-refractivity contribution in [3.63, 3.8) is 0 Å². The standard InChI is InChI=1S/C15H15F2N3O3/c1-3-23-15-10(6-18-8-20-15)7-19-14(21)9-4-11(16)13(22-2)12(17)5-9/h4-6,8H,3,7H2,1-2H3,(H,19,21). The molecule has 1 amide bonds. The molecule has 2 rings (SSSR count). The lowest BCUT2D eigenvalue weighted by atomic mass is 10.2. The van der Waals surface area contributed by atoms with Gasteiger partial charge < -0.3 is 14.8 Å². The third kappa shape index (κ3) is 3.91. The molecular weight excluding hydrogens is 308 g/mol. The highest BCUT2D eigenvalue weighted by Gasteiger charge is 2.16. The molecular formula is C15H15F2N3O3. The van der Waals surface area contributed by atoms with Gasteiger partial charge in [0.25, 0.3) is 5.91 Å². The van der Waals surface area contributed by atoms with Crippen molar-refractivity contribution in [1.82, 2.24) is 15.3 Å². The van der Waals surface area contributed by atoms with Gasteiger partial charge in [-0.3, -0.25) is 4.79 Å². The van der Waals surface area contributed by atoms with Gasteiger partial charge in [-0.1, -0.05) is 0 Å². The van der Waals surface area contributed by atoms with Crippen LogP contribution in [-0.2, 0) is 6.54 Å². The van der Waals surface area contributed by atoms with Gasteiger partial charge in [0.05, 0.1) is 19.3 Å². The van der Waals surface area contributed by atoms with E-state index in [0.29, 0.717) is 18.1 Å². The average molecular weight is 323 g/mol. The number of carbonyl (C=O) groups is 1. The summed E-state index contributed by atoms with van der Waals surface area (Å²) in [6.45, 7) is 2.27. The summed E-state index contributed by atoms with van der Waals surface area (Å²) < 4.78 is 37.1. The summed E-state index contributed by atoms with van der Waals surface area (Å²) in [7, 11) is 1.14. The Kier molecular flexibility index (Phi) is 5.40. The van der Waals surface area contributed by atoms with E-state index in [-0.39, 0.29) is 12.1 Å². The van der Waals surface area contributed by atoms with Crippen molar-refractivity contribution >= 4 is 5.91 Å². The summed E-state index contributed by atoms with van der Waals surface area (Å²) in [6.07, 6.45) is 2.82. The molecule has 0 saturated heterocycles. The average Bonchev–Trinajstić information content (AvgIpc) is 2.53. The normalized spacial score (nSPS) is 10.3. The smallest absolute Gasteiger partial charge is 0.251 e. The number of hydrogen-bond acceptors (Lipinski definition) is 5. The van der Waals surface area contributed by atoms with Crippen LogP contribution in [0.2, 0.25) is 0 Å². The molecule has 6 nitrogen and oxygen atoms in total. The predicted molar refractivity (Wildman–Crippen MR) is 77.3 cm³/mol. The van der Waals surface area contributed by atoms with Crippen LogP contribution in [0.1, 0.15) is 22.8 Å². The molecule has 1 aromatic heterocycles. The Labute approximate surface area is 131 Å². The topological polar surface area (TPSA) is 73.3 Å². The maximum Gasteiger partial charge on any atom is 0.251 e. The molecule has 1 N–H and O–H groups in total. The second-order valence-corrected chi connectivity index (χ2v) is 4.44. The lowest BCUT2D eigenvalue weighted by Crippen LogP contribution is -2.23. The zero-order valence-corrected chi connectivity index (χ0v) is 12.6. The number of ether oxygens (including phenoxy) is 2. The summed E-state index contributed by atoms with van der Waals surface area (Å²) in [5.41, 5.74) is 0.396. The molecule has 1 heterocycles. The first kappa shape index (κ1) is 16.6. The molecule has 0 saturated carbocycles. The van der Waals surface area contributed by atoms with E-state index < -0.39 is 23.3 Å². The van der Waals surface area contributed by atoms with Crippen LogP contribution in [-0.4, -0.2) is 29.6 Å². The van der Waals surface area contributed by atoms with Gasteiger partial charge in [0.15, 0.2) is 17.4 Å². The number of hydrogen-bond donors (Lipinski definition) is 1.